The monoisotopic (exact) mass is 294 g/mol. The number of aryl methyl sites for hydroxylation is 1. The number of carbonyl (C=O) groups excluding carboxylic acids is 1. The highest BCUT2D eigenvalue weighted by molar-refractivity contribution is 5.90. The van der Waals surface area contributed by atoms with E-state index in [2.05, 4.69) is 17.6 Å². The summed E-state index contributed by atoms with van der Waals surface area (Å²) in [6.07, 6.45) is 1.04. The van der Waals surface area contributed by atoms with Crippen LogP contribution in [0.3, 0.4) is 0 Å². The molecule has 1 heterocycles. The number of para-hydroxylation sites is 2. The number of aromatic nitrogens is 2. The molecule has 0 aliphatic heterocycles. The standard InChI is InChI=1S/C18H18N2O2/c1-3-12-20-16-7-5-4-6-15(16)19-17(20)13-8-10-14(11-9-13)18(21)22-2/h4-11H,3,12H2,1-2H3. The minimum atomic E-state index is -0.325. The Morgan fingerprint density at radius 1 is 1.14 bits per heavy atom. The highest BCUT2D eigenvalue weighted by Crippen LogP contribution is 2.25. The quantitative estimate of drug-likeness (QED) is 0.685. The summed E-state index contributed by atoms with van der Waals surface area (Å²) in [6.45, 7) is 3.06. The van der Waals surface area contributed by atoms with Crippen LogP contribution in [0, 0.1) is 0 Å². The number of hydrogen-bond acceptors (Lipinski definition) is 3. The van der Waals surface area contributed by atoms with Crippen LogP contribution in [-0.4, -0.2) is 22.6 Å². The minimum Gasteiger partial charge on any atom is -0.465 e. The van der Waals surface area contributed by atoms with Crippen LogP contribution in [0.5, 0.6) is 0 Å². The van der Waals surface area contributed by atoms with Gasteiger partial charge in [0, 0.05) is 12.1 Å². The van der Waals surface area contributed by atoms with Crippen molar-refractivity contribution in [2.45, 2.75) is 19.9 Å². The number of ether oxygens (including phenoxy) is 1. The molecule has 0 saturated carbocycles. The van der Waals surface area contributed by atoms with Gasteiger partial charge in [0.1, 0.15) is 5.82 Å². The summed E-state index contributed by atoms with van der Waals surface area (Å²) in [7, 11) is 1.39. The zero-order valence-electron chi connectivity index (χ0n) is 12.7. The second kappa shape index (κ2) is 6.02. The molecule has 0 unspecified atom stereocenters. The van der Waals surface area contributed by atoms with Crippen LogP contribution in [0.2, 0.25) is 0 Å². The summed E-state index contributed by atoms with van der Waals surface area (Å²) in [5, 5.41) is 0. The van der Waals surface area contributed by atoms with Crippen molar-refractivity contribution in [1.82, 2.24) is 9.55 Å². The van der Waals surface area contributed by atoms with Crippen LogP contribution in [0.15, 0.2) is 48.5 Å². The van der Waals surface area contributed by atoms with Crippen molar-refractivity contribution in [2.75, 3.05) is 7.11 Å². The number of rotatable bonds is 4. The van der Waals surface area contributed by atoms with Gasteiger partial charge in [-0.1, -0.05) is 31.2 Å². The topological polar surface area (TPSA) is 44.1 Å². The van der Waals surface area contributed by atoms with Gasteiger partial charge in [-0.25, -0.2) is 9.78 Å². The Balaban J connectivity index is 2.09. The lowest BCUT2D eigenvalue weighted by molar-refractivity contribution is 0.0601. The maximum absolute atomic E-state index is 11.5. The molecule has 0 amide bonds. The van der Waals surface area contributed by atoms with Gasteiger partial charge in [0.15, 0.2) is 0 Å². The van der Waals surface area contributed by atoms with Crippen LogP contribution < -0.4 is 0 Å². The molecular weight excluding hydrogens is 276 g/mol. The average Bonchev–Trinajstić information content (AvgIpc) is 2.93. The third-order valence-corrected chi connectivity index (χ3v) is 3.67. The Morgan fingerprint density at radius 3 is 2.55 bits per heavy atom. The smallest absolute Gasteiger partial charge is 0.337 e. The number of hydrogen-bond donors (Lipinski definition) is 0. The lowest BCUT2D eigenvalue weighted by atomic mass is 10.1. The van der Waals surface area contributed by atoms with Crippen LogP contribution in [0.1, 0.15) is 23.7 Å². The second-order valence-electron chi connectivity index (χ2n) is 5.14. The SMILES string of the molecule is CCCn1c(-c2ccc(C(=O)OC)cc2)nc2ccccc21. The fraction of sp³-hybridized carbons (Fsp3) is 0.222. The Bertz CT molecular complexity index is 804. The molecule has 112 valence electrons. The number of imidazole rings is 1. The van der Waals surface area contributed by atoms with Crippen molar-refractivity contribution in [2.24, 2.45) is 0 Å². The minimum absolute atomic E-state index is 0.325. The third-order valence-electron chi connectivity index (χ3n) is 3.67. The average molecular weight is 294 g/mol. The number of carbonyl (C=O) groups is 1. The van der Waals surface area contributed by atoms with E-state index in [1.54, 1.807) is 12.1 Å². The summed E-state index contributed by atoms with van der Waals surface area (Å²) in [5.74, 6) is 0.605. The molecule has 0 atom stereocenters. The largest absolute Gasteiger partial charge is 0.465 e. The van der Waals surface area contributed by atoms with E-state index in [1.807, 2.05) is 30.3 Å². The Kier molecular flexibility index (Phi) is 3.92. The normalized spacial score (nSPS) is 10.8. The molecular formula is C18H18N2O2. The van der Waals surface area contributed by atoms with Gasteiger partial charge in [-0.05, 0) is 30.7 Å². The highest BCUT2D eigenvalue weighted by Gasteiger charge is 2.12. The van der Waals surface area contributed by atoms with Gasteiger partial charge in [-0.3, -0.25) is 0 Å². The molecule has 4 heteroatoms. The van der Waals surface area contributed by atoms with Gasteiger partial charge in [0.2, 0.25) is 0 Å². The van der Waals surface area contributed by atoms with Gasteiger partial charge < -0.3 is 9.30 Å². The summed E-state index contributed by atoms with van der Waals surface area (Å²) in [6, 6.07) is 15.5. The lowest BCUT2D eigenvalue weighted by Crippen LogP contribution is -2.02. The predicted octanol–water partition coefficient (Wildman–Crippen LogP) is 3.90. The summed E-state index contributed by atoms with van der Waals surface area (Å²) in [4.78, 5) is 16.3. The Labute approximate surface area is 129 Å². The highest BCUT2D eigenvalue weighted by atomic mass is 16.5. The first kappa shape index (κ1) is 14.3. The van der Waals surface area contributed by atoms with Gasteiger partial charge in [0.25, 0.3) is 0 Å². The van der Waals surface area contributed by atoms with Crippen LogP contribution in [0.4, 0.5) is 0 Å². The molecule has 0 saturated heterocycles. The summed E-state index contributed by atoms with van der Waals surface area (Å²) < 4.78 is 6.96. The van der Waals surface area contributed by atoms with E-state index in [9.17, 15) is 4.79 Å². The van der Waals surface area contributed by atoms with Gasteiger partial charge in [-0.15, -0.1) is 0 Å². The Morgan fingerprint density at radius 2 is 1.86 bits per heavy atom. The van der Waals surface area contributed by atoms with Crippen molar-refractivity contribution >= 4 is 17.0 Å². The van der Waals surface area contributed by atoms with Crippen molar-refractivity contribution in [1.29, 1.82) is 0 Å². The molecule has 0 bridgehead atoms. The number of esters is 1. The molecule has 4 nitrogen and oxygen atoms in total. The molecule has 2 aromatic carbocycles. The number of methoxy groups -OCH3 is 1. The number of benzene rings is 2. The van der Waals surface area contributed by atoms with Crippen molar-refractivity contribution < 1.29 is 9.53 Å². The van der Waals surface area contributed by atoms with Crippen LogP contribution in [0.25, 0.3) is 22.4 Å². The van der Waals surface area contributed by atoms with E-state index < -0.39 is 0 Å². The van der Waals surface area contributed by atoms with Crippen LogP contribution in [-0.2, 0) is 11.3 Å². The van der Waals surface area contributed by atoms with Crippen molar-refractivity contribution in [3.05, 3.63) is 54.1 Å². The van der Waals surface area contributed by atoms with Gasteiger partial charge >= 0.3 is 5.97 Å². The first-order valence-corrected chi connectivity index (χ1v) is 7.38. The molecule has 0 aliphatic rings. The molecule has 1 aromatic heterocycles. The molecule has 3 aromatic rings. The molecule has 0 radical (unpaired) electrons. The zero-order valence-corrected chi connectivity index (χ0v) is 12.7. The van der Waals surface area contributed by atoms with E-state index >= 15 is 0 Å². The maximum Gasteiger partial charge on any atom is 0.337 e. The molecule has 22 heavy (non-hydrogen) atoms. The van der Waals surface area contributed by atoms with E-state index in [4.69, 9.17) is 9.72 Å². The maximum atomic E-state index is 11.5. The lowest BCUT2D eigenvalue weighted by Gasteiger charge is -2.08. The fourth-order valence-electron chi connectivity index (χ4n) is 2.62. The van der Waals surface area contributed by atoms with Crippen molar-refractivity contribution in [3.63, 3.8) is 0 Å². The first-order chi connectivity index (χ1) is 10.7. The number of fused-ring (bicyclic) bond motifs is 1. The molecule has 0 N–H and O–H groups in total. The molecule has 3 rings (SSSR count). The molecule has 0 aliphatic carbocycles. The second-order valence-corrected chi connectivity index (χ2v) is 5.14. The van der Waals surface area contributed by atoms with Crippen molar-refractivity contribution in [3.8, 4) is 11.4 Å². The summed E-state index contributed by atoms with van der Waals surface area (Å²) in [5.41, 5.74) is 3.67. The van der Waals surface area contributed by atoms with E-state index in [-0.39, 0.29) is 5.97 Å². The van der Waals surface area contributed by atoms with Gasteiger partial charge in [-0.2, -0.15) is 0 Å². The van der Waals surface area contributed by atoms with Crippen LogP contribution >= 0.6 is 0 Å². The Hall–Kier alpha value is -2.62. The zero-order chi connectivity index (χ0) is 15.5. The third kappa shape index (κ3) is 2.48. The van der Waals surface area contributed by atoms with E-state index in [0.717, 1.165) is 35.4 Å². The first-order valence-electron chi connectivity index (χ1n) is 7.38. The van der Waals surface area contributed by atoms with E-state index in [0.29, 0.717) is 5.56 Å². The molecule has 0 spiro atoms. The fourth-order valence-corrected chi connectivity index (χ4v) is 2.62. The van der Waals surface area contributed by atoms with Gasteiger partial charge in [0.05, 0.1) is 23.7 Å². The number of nitrogens with zero attached hydrogens (tertiary/aromatic N) is 2. The van der Waals surface area contributed by atoms with E-state index in [1.165, 1.54) is 7.11 Å². The summed E-state index contributed by atoms with van der Waals surface area (Å²) >= 11 is 0. The predicted molar refractivity (Wildman–Crippen MR) is 86.8 cm³/mol. The molecule has 0 fully saturated rings.